The first-order valence-corrected chi connectivity index (χ1v) is 12.5. The summed E-state index contributed by atoms with van der Waals surface area (Å²) < 4.78 is 32.0. The molecule has 3 aliphatic rings. The van der Waals surface area contributed by atoms with Gasteiger partial charge >= 0.3 is 0 Å². The summed E-state index contributed by atoms with van der Waals surface area (Å²) in [6.45, 7) is 1.56. The summed E-state index contributed by atoms with van der Waals surface area (Å²) in [7, 11) is 1.68. The van der Waals surface area contributed by atoms with Gasteiger partial charge in [-0.05, 0) is 47.7 Å². The van der Waals surface area contributed by atoms with Crippen molar-refractivity contribution in [1.29, 1.82) is 0 Å². The number of anilines is 1. The van der Waals surface area contributed by atoms with E-state index < -0.39 is 5.60 Å². The Morgan fingerprint density at radius 1 is 1.08 bits per heavy atom. The van der Waals surface area contributed by atoms with Gasteiger partial charge in [0.2, 0.25) is 0 Å². The number of rotatable bonds is 6. The summed E-state index contributed by atoms with van der Waals surface area (Å²) in [5, 5.41) is 4.63. The van der Waals surface area contributed by atoms with Crippen LogP contribution in [0.2, 0.25) is 0 Å². The number of fused-ring (bicyclic) bond motifs is 3. The molecule has 36 heavy (non-hydrogen) atoms. The number of ether oxygens (including phenoxy) is 3. The van der Waals surface area contributed by atoms with Crippen LogP contribution in [-0.4, -0.2) is 32.3 Å². The third-order valence-corrected chi connectivity index (χ3v) is 7.48. The smallest absolute Gasteiger partial charge is 0.161 e. The van der Waals surface area contributed by atoms with Crippen molar-refractivity contribution in [2.75, 3.05) is 25.2 Å². The fraction of sp³-hybridized carbons (Fsp3) is 0.345. The average Bonchev–Trinajstić information content (AvgIpc) is 3.37. The van der Waals surface area contributed by atoms with Crippen LogP contribution in [0.5, 0.6) is 5.75 Å². The number of halogens is 1. The molecule has 0 aliphatic carbocycles. The molecular weight excluding hydrogens is 457 g/mol. The predicted molar refractivity (Wildman–Crippen MR) is 137 cm³/mol. The standard InChI is InChI=1S/C29H30FN3O3/c1-34-29(11-13-35-14-12-29)23-16-24(30)18-25(17-23)36-19-20-7-9-26-22(15-20)8-10-27-31-32-28(33(26)27)21-5-3-2-4-6-21/h2-7,9,15-18,27,31H,8,10-14,19H2,1H3. The van der Waals surface area contributed by atoms with Crippen LogP contribution in [0, 0.1) is 5.82 Å². The summed E-state index contributed by atoms with van der Waals surface area (Å²) in [5.74, 6) is 1.13. The molecule has 1 saturated heterocycles. The lowest BCUT2D eigenvalue weighted by Crippen LogP contribution is -2.44. The van der Waals surface area contributed by atoms with Crippen LogP contribution in [0.25, 0.3) is 0 Å². The largest absolute Gasteiger partial charge is 0.489 e. The number of hydrogen-bond donors (Lipinski definition) is 1. The quantitative estimate of drug-likeness (QED) is 0.524. The predicted octanol–water partition coefficient (Wildman–Crippen LogP) is 5.10. The number of nitrogens with one attached hydrogen (secondary N) is 1. The fourth-order valence-electron chi connectivity index (χ4n) is 5.51. The van der Waals surface area contributed by atoms with E-state index in [4.69, 9.17) is 14.2 Å². The highest BCUT2D eigenvalue weighted by Gasteiger charge is 2.36. The monoisotopic (exact) mass is 487 g/mol. The number of aryl methyl sites for hydroxylation is 1. The summed E-state index contributed by atoms with van der Waals surface area (Å²) in [5.41, 5.74) is 8.12. The van der Waals surface area contributed by atoms with Crippen LogP contribution in [0.3, 0.4) is 0 Å². The minimum Gasteiger partial charge on any atom is -0.489 e. The first-order chi connectivity index (χ1) is 17.6. The van der Waals surface area contributed by atoms with E-state index in [0.29, 0.717) is 38.4 Å². The SMILES string of the molecule is COC1(c2cc(F)cc(OCc3ccc4c(c3)CCC3NN=C(c5ccccc5)N43)c2)CCOCC1. The number of methoxy groups -OCH3 is 1. The van der Waals surface area contributed by atoms with Crippen molar-refractivity contribution in [3.63, 3.8) is 0 Å². The van der Waals surface area contributed by atoms with Gasteiger partial charge in [-0.1, -0.05) is 42.5 Å². The van der Waals surface area contributed by atoms with Gasteiger partial charge in [0, 0.05) is 50.5 Å². The highest BCUT2D eigenvalue weighted by molar-refractivity contribution is 6.11. The zero-order valence-corrected chi connectivity index (χ0v) is 20.4. The van der Waals surface area contributed by atoms with Crippen molar-refractivity contribution in [2.45, 2.75) is 44.1 Å². The number of nitrogens with zero attached hydrogens (tertiary/aromatic N) is 2. The second kappa shape index (κ2) is 9.56. The van der Waals surface area contributed by atoms with Gasteiger partial charge in [-0.3, -0.25) is 5.43 Å². The molecule has 0 amide bonds. The van der Waals surface area contributed by atoms with Crippen LogP contribution in [-0.2, 0) is 28.1 Å². The van der Waals surface area contributed by atoms with E-state index in [-0.39, 0.29) is 12.0 Å². The van der Waals surface area contributed by atoms with E-state index in [1.54, 1.807) is 13.2 Å². The lowest BCUT2D eigenvalue weighted by molar-refractivity contribution is -0.0950. The molecule has 7 heteroatoms. The first kappa shape index (κ1) is 23.0. The van der Waals surface area contributed by atoms with Crippen molar-refractivity contribution < 1.29 is 18.6 Å². The van der Waals surface area contributed by atoms with E-state index in [0.717, 1.165) is 41.1 Å². The Balaban J connectivity index is 1.21. The number of benzene rings is 3. The normalized spacial score (nSPS) is 20.2. The van der Waals surface area contributed by atoms with Crippen LogP contribution in [0.1, 0.15) is 41.5 Å². The van der Waals surface area contributed by atoms with Crippen molar-refractivity contribution >= 4 is 11.5 Å². The maximum Gasteiger partial charge on any atom is 0.161 e. The summed E-state index contributed by atoms with van der Waals surface area (Å²) in [4.78, 5) is 2.29. The molecule has 186 valence electrons. The number of hydrogen-bond acceptors (Lipinski definition) is 6. The first-order valence-electron chi connectivity index (χ1n) is 12.5. The minimum atomic E-state index is -0.539. The third-order valence-electron chi connectivity index (χ3n) is 7.48. The molecule has 0 saturated carbocycles. The van der Waals surface area contributed by atoms with Crippen molar-refractivity contribution in [2.24, 2.45) is 5.10 Å². The van der Waals surface area contributed by atoms with Crippen molar-refractivity contribution in [3.05, 3.63) is 94.8 Å². The molecule has 1 atom stereocenters. The average molecular weight is 488 g/mol. The molecule has 0 radical (unpaired) electrons. The maximum atomic E-state index is 14.6. The fourth-order valence-corrected chi connectivity index (χ4v) is 5.51. The van der Waals surface area contributed by atoms with Crippen LogP contribution in [0.4, 0.5) is 10.1 Å². The van der Waals surface area contributed by atoms with Crippen LogP contribution in [0.15, 0.2) is 71.8 Å². The van der Waals surface area contributed by atoms with E-state index in [9.17, 15) is 4.39 Å². The van der Waals surface area contributed by atoms with Gasteiger partial charge in [-0.15, -0.1) is 0 Å². The van der Waals surface area contributed by atoms with Crippen molar-refractivity contribution in [3.8, 4) is 5.75 Å². The molecule has 0 aromatic heterocycles. The van der Waals surface area contributed by atoms with Crippen LogP contribution < -0.4 is 15.1 Å². The van der Waals surface area contributed by atoms with E-state index >= 15 is 0 Å². The molecule has 3 aromatic carbocycles. The highest BCUT2D eigenvalue weighted by atomic mass is 19.1. The molecule has 1 unspecified atom stereocenters. The summed E-state index contributed by atoms with van der Waals surface area (Å²) in [6, 6.07) is 21.6. The van der Waals surface area contributed by atoms with Gasteiger partial charge in [0.25, 0.3) is 0 Å². The molecule has 0 spiro atoms. The topological polar surface area (TPSA) is 55.3 Å². The molecule has 3 aliphatic heterocycles. The Bertz CT molecular complexity index is 1270. The van der Waals surface area contributed by atoms with E-state index in [1.165, 1.54) is 11.6 Å². The molecule has 1 fully saturated rings. The van der Waals surface area contributed by atoms with Crippen LogP contribution >= 0.6 is 0 Å². The molecule has 1 N–H and O–H groups in total. The van der Waals surface area contributed by atoms with Gasteiger partial charge < -0.3 is 19.1 Å². The third kappa shape index (κ3) is 4.22. The number of amidine groups is 1. The van der Waals surface area contributed by atoms with E-state index in [2.05, 4.69) is 45.8 Å². The van der Waals surface area contributed by atoms with Gasteiger partial charge in [-0.25, -0.2) is 4.39 Å². The molecule has 3 heterocycles. The minimum absolute atomic E-state index is 0.166. The Labute approximate surface area is 210 Å². The highest BCUT2D eigenvalue weighted by Crippen LogP contribution is 2.38. The Morgan fingerprint density at radius 2 is 1.92 bits per heavy atom. The summed E-state index contributed by atoms with van der Waals surface area (Å²) in [6.07, 6.45) is 3.47. The number of hydrazone groups is 1. The lowest BCUT2D eigenvalue weighted by atomic mass is 9.86. The lowest BCUT2D eigenvalue weighted by Gasteiger charge is -2.36. The second-order valence-electron chi connectivity index (χ2n) is 9.59. The molecule has 6 nitrogen and oxygen atoms in total. The maximum absolute atomic E-state index is 14.6. The molecule has 6 rings (SSSR count). The van der Waals surface area contributed by atoms with Gasteiger partial charge in [0.05, 0.1) is 5.60 Å². The van der Waals surface area contributed by atoms with Gasteiger partial charge in [0.1, 0.15) is 24.3 Å². The van der Waals surface area contributed by atoms with E-state index in [1.807, 2.05) is 24.3 Å². The Kier molecular flexibility index (Phi) is 6.11. The van der Waals surface area contributed by atoms with Gasteiger partial charge in [-0.2, -0.15) is 5.10 Å². The zero-order chi connectivity index (χ0) is 24.5. The molecule has 3 aromatic rings. The Morgan fingerprint density at radius 3 is 2.72 bits per heavy atom. The molecule has 0 bridgehead atoms. The second-order valence-corrected chi connectivity index (χ2v) is 9.59. The van der Waals surface area contributed by atoms with Gasteiger partial charge in [0.15, 0.2) is 5.84 Å². The molecular formula is C29H30FN3O3. The zero-order valence-electron chi connectivity index (χ0n) is 20.4. The Hall–Kier alpha value is -3.42. The summed E-state index contributed by atoms with van der Waals surface area (Å²) >= 11 is 0. The van der Waals surface area contributed by atoms with Crippen molar-refractivity contribution in [1.82, 2.24) is 5.43 Å².